The molecular weight excluding hydrogens is 442 g/mol. The fourth-order valence-electron chi connectivity index (χ4n) is 5.24. The zero-order valence-corrected chi connectivity index (χ0v) is 20.2. The maximum Gasteiger partial charge on any atom is 0.245 e. The van der Waals surface area contributed by atoms with E-state index in [1.165, 1.54) is 37.8 Å². The molecule has 1 amide bonds. The lowest BCUT2D eigenvalue weighted by Gasteiger charge is -2.32. The Morgan fingerprint density at radius 2 is 1.91 bits per heavy atom. The minimum Gasteiger partial charge on any atom is -0.353 e. The SMILES string of the molecule is O=C(CCN1CCCCC1)NC1CCN(c2nc(Nc3cc(C4CC4)[nH]n3)c3cccn3n2)CC1. The summed E-state index contributed by atoms with van der Waals surface area (Å²) >= 11 is 0. The minimum absolute atomic E-state index is 0.176. The first-order valence-corrected chi connectivity index (χ1v) is 13.2. The van der Waals surface area contributed by atoms with Gasteiger partial charge in [-0.25, -0.2) is 4.52 Å². The number of aromatic amines is 1. The van der Waals surface area contributed by atoms with Crippen LogP contribution in [-0.2, 0) is 4.79 Å². The van der Waals surface area contributed by atoms with Crippen LogP contribution in [0.4, 0.5) is 17.6 Å². The molecular formula is C25H35N9O. The van der Waals surface area contributed by atoms with Crippen molar-refractivity contribution in [3.8, 4) is 0 Å². The van der Waals surface area contributed by atoms with Gasteiger partial charge in [0.25, 0.3) is 0 Å². The van der Waals surface area contributed by atoms with Gasteiger partial charge in [-0.2, -0.15) is 10.1 Å². The zero-order valence-electron chi connectivity index (χ0n) is 20.2. The number of nitrogens with zero attached hydrogens (tertiary/aromatic N) is 6. The molecule has 5 heterocycles. The molecule has 0 spiro atoms. The Morgan fingerprint density at radius 3 is 2.71 bits per heavy atom. The van der Waals surface area contributed by atoms with Gasteiger partial charge in [-0.15, -0.1) is 5.10 Å². The zero-order chi connectivity index (χ0) is 23.6. The van der Waals surface area contributed by atoms with E-state index in [9.17, 15) is 4.79 Å². The first-order chi connectivity index (χ1) is 17.2. The number of piperidine rings is 2. The highest BCUT2D eigenvalue weighted by molar-refractivity contribution is 5.76. The van der Waals surface area contributed by atoms with Gasteiger partial charge in [0.15, 0.2) is 11.6 Å². The van der Waals surface area contributed by atoms with E-state index >= 15 is 0 Å². The highest BCUT2D eigenvalue weighted by atomic mass is 16.1. The quantitative estimate of drug-likeness (QED) is 0.458. The molecule has 0 bridgehead atoms. The van der Waals surface area contributed by atoms with E-state index in [4.69, 9.17) is 10.1 Å². The fourth-order valence-corrected chi connectivity index (χ4v) is 5.24. The largest absolute Gasteiger partial charge is 0.353 e. The van der Waals surface area contributed by atoms with Crippen LogP contribution in [0.3, 0.4) is 0 Å². The summed E-state index contributed by atoms with van der Waals surface area (Å²) in [5.74, 6) is 3.03. The molecule has 2 saturated heterocycles. The first kappa shape index (κ1) is 22.3. The van der Waals surface area contributed by atoms with Gasteiger partial charge in [-0.1, -0.05) is 6.42 Å². The van der Waals surface area contributed by atoms with Crippen molar-refractivity contribution < 1.29 is 4.79 Å². The maximum absolute atomic E-state index is 12.5. The molecule has 3 N–H and O–H groups in total. The minimum atomic E-state index is 0.176. The van der Waals surface area contributed by atoms with E-state index in [1.807, 2.05) is 22.8 Å². The number of carbonyl (C=O) groups excluding carboxylic acids is 1. The second kappa shape index (κ2) is 9.85. The molecule has 186 valence electrons. The Labute approximate surface area is 205 Å². The maximum atomic E-state index is 12.5. The molecule has 1 saturated carbocycles. The van der Waals surface area contributed by atoms with Crippen molar-refractivity contribution in [3.05, 3.63) is 30.1 Å². The average Bonchev–Trinajstić information content (AvgIpc) is 3.43. The van der Waals surface area contributed by atoms with Crippen LogP contribution in [0.25, 0.3) is 5.52 Å². The highest BCUT2D eigenvalue weighted by Crippen LogP contribution is 2.39. The predicted molar refractivity (Wildman–Crippen MR) is 135 cm³/mol. The molecule has 10 heteroatoms. The number of amides is 1. The smallest absolute Gasteiger partial charge is 0.245 e. The number of likely N-dealkylation sites (tertiary alicyclic amines) is 1. The Kier molecular flexibility index (Phi) is 6.28. The highest BCUT2D eigenvalue weighted by Gasteiger charge is 2.26. The second-order valence-electron chi connectivity index (χ2n) is 10.2. The number of hydrogen-bond acceptors (Lipinski definition) is 7. The van der Waals surface area contributed by atoms with Crippen LogP contribution < -0.4 is 15.5 Å². The van der Waals surface area contributed by atoms with Crippen LogP contribution in [-0.4, -0.2) is 74.4 Å². The van der Waals surface area contributed by atoms with Gasteiger partial charge in [0.2, 0.25) is 11.9 Å². The Hall–Kier alpha value is -3.14. The van der Waals surface area contributed by atoms with E-state index in [0.29, 0.717) is 18.3 Å². The van der Waals surface area contributed by atoms with Gasteiger partial charge in [0.05, 0.1) is 0 Å². The van der Waals surface area contributed by atoms with Gasteiger partial charge in [0, 0.05) is 56.0 Å². The van der Waals surface area contributed by atoms with Crippen LogP contribution in [0, 0.1) is 0 Å². The molecule has 1 aliphatic carbocycles. The molecule has 10 nitrogen and oxygen atoms in total. The third-order valence-corrected chi connectivity index (χ3v) is 7.49. The summed E-state index contributed by atoms with van der Waals surface area (Å²) < 4.78 is 1.87. The van der Waals surface area contributed by atoms with Gasteiger partial charge in [-0.05, 0) is 63.7 Å². The van der Waals surface area contributed by atoms with Crippen LogP contribution in [0.1, 0.15) is 63.0 Å². The summed E-state index contributed by atoms with van der Waals surface area (Å²) in [6.45, 7) is 4.78. The topological polar surface area (TPSA) is 106 Å². The van der Waals surface area contributed by atoms with E-state index in [2.05, 4.69) is 36.7 Å². The third kappa shape index (κ3) is 5.27. The number of nitrogens with one attached hydrogen (secondary N) is 3. The molecule has 3 aliphatic rings. The number of carbonyl (C=O) groups is 1. The fraction of sp³-hybridized carbons (Fsp3) is 0.600. The summed E-state index contributed by atoms with van der Waals surface area (Å²) in [6.07, 6.45) is 10.7. The van der Waals surface area contributed by atoms with E-state index in [1.54, 1.807) is 0 Å². The van der Waals surface area contributed by atoms with E-state index in [0.717, 1.165) is 62.7 Å². The van der Waals surface area contributed by atoms with Crippen LogP contribution in [0.5, 0.6) is 0 Å². The van der Waals surface area contributed by atoms with Crippen molar-refractivity contribution in [3.63, 3.8) is 0 Å². The molecule has 0 aromatic carbocycles. The Bertz CT molecular complexity index is 1150. The summed E-state index contributed by atoms with van der Waals surface area (Å²) in [7, 11) is 0. The molecule has 35 heavy (non-hydrogen) atoms. The van der Waals surface area contributed by atoms with Gasteiger partial charge in [0.1, 0.15) is 5.52 Å². The van der Waals surface area contributed by atoms with Gasteiger partial charge < -0.3 is 20.4 Å². The predicted octanol–water partition coefficient (Wildman–Crippen LogP) is 3.03. The van der Waals surface area contributed by atoms with Gasteiger partial charge >= 0.3 is 0 Å². The molecule has 3 aromatic heterocycles. The molecule has 3 aromatic rings. The number of fused-ring (bicyclic) bond motifs is 1. The van der Waals surface area contributed by atoms with Crippen LogP contribution >= 0.6 is 0 Å². The lowest BCUT2D eigenvalue weighted by molar-refractivity contribution is -0.122. The number of hydrogen-bond donors (Lipinski definition) is 3. The standard InChI is InChI=1S/C25H35N9O/c35-23(10-14-32-11-2-1-3-12-32)26-19-8-15-33(16-9-19)25-28-24(21-5-4-13-34(21)31-25)27-22-17-20(29-30-22)18-6-7-18/h4-5,13,17-19H,1-3,6-12,14-16H2,(H,26,35)(H2,27,28,29,30,31). The van der Waals surface area contributed by atoms with Crippen LogP contribution in [0.2, 0.25) is 0 Å². The molecule has 0 unspecified atom stereocenters. The average molecular weight is 478 g/mol. The lowest BCUT2D eigenvalue weighted by Crippen LogP contribution is -2.46. The molecule has 6 rings (SSSR count). The van der Waals surface area contributed by atoms with E-state index < -0.39 is 0 Å². The third-order valence-electron chi connectivity index (χ3n) is 7.49. The number of aromatic nitrogens is 5. The van der Waals surface area contributed by atoms with Crippen molar-refractivity contribution in [1.29, 1.82) is 0 Å². The number of anilines is 3. The molecule has 3 fully saturated rings. The Balaban J connectivity index is 1.06. The van der Waals surface area contributed by atoms with Gasteiger partial charge in [-0.3, -0.25) is 9.89 Å². The molecule has 0 radical (unpaired) electrons. The molecule has 0 atom stereocenters. The van der Waals surface area contributed by atoms with Crippen molar-refractivity contribution >= 4 is 29.0 Å². The first-order valence-electron chi connectivity index (χ1n) is 13.2. The van der Waals surface area contributed by atoms with Crippen molar-refractivity contribution in [2.75, 3.05) is 42.9 Å². The second-order valence-corrected chi connectivity index (χ2v) is 10.2. The monoisotopic (exact) mass is 477 g/mol. The number of rotatable bonds is 8. The summed E-state index contributed by atoms with van der Waals surface area (Å²) in [5, 5.41) is 19.0. The normalized spacial score (nSPS) is 19.8. The lowest BCUT2D eigenvalue weighted by atomic mass is 10.1. The summed E-state index contributed by atoms with van der Waals surface area (Å²) in [6, 6.07) is 6.29. The number of H-pyrrole nitrogens is 1. The van der Waals surface area contributed by atoms with Crippen molar-refractivity contribution in [2.24, 2.45) is 0 Å². The van der Waals surface area contributed by atoms with Crippen molar-refractivity contribution in [1.82, 2.24) is 35.0 Å². The Morgan fingerprint density at radius 1 is 1.09 bits per heavy atom. The summed E-state index contributed by atoms with van der Waals surface area (Å²) in [4.78, 5) is 22.0. The molecule has 2 aliphatic heterocycles. The van der Waals surface area contributed by atoms with E-state index in [-0.39, 0.29) is 11.9 Å². The van der Waals surface area contributed by atoms with Crippen LogP contribution in [0.15, 0.2) is 24.4 Å². The van der Waals surface area contributed by atoms with Crippen molar-refractivity contribution in [2.45, 2.75) is 63.3 Å². The summed E-state index contributed by atoms with van der Waals surface area (Å²) in [5.41, 5.74) is 2.11.